The molecule has 0 saturated carbocycles. The second-order valence-corrected chi connectivity index (χ2v) is 18.4. The zero-order valence-electron chi connectivity index (χ0n) is 38.3. The summed E-state index contributed by atoms with van der Waals surface area (Å²) in [4.78, 5) is 0. The van der Waals surface area contributed by atoms with Crippen LogP contribution in [0.2, 0.25) is 0 Å². The molecule has 0 N–H and O–H groups in total. The summed E-state index contributed by atoms with van der Waals surface area (Å²) in [6, 6.07) is 98.1. The highest BCUT2D eigenvalue weighted by molar-refractivity contribution is 6.16. The number of fused-ring (bicyclic) bond motifs is 8. The maximum absolute atomic E-state index is 2.48. The third-order valence-corrected chi connectivity index (χ3v) is 14.5. The predicted molar refractivity (Wildman–Crippen MR) is 297 cm³/mol. The minimum atomic E-state index is 1.16. The van der Waals surface area contributed by atoms with Crippen LogP contribution in [0.4, 0.5) is 0 Å². The van der Waals surface area contributed by atoms with Gasteiger partial charge < -0.3 is 9.13 Å². The summed E-state index contributed by atoms with van der Waals surface area (Å²) in [6.45, 7) is 0. The Morgan fingerprint density at radius 1 is 0.171 bits per heavy atom. The highest BCUT2D eigenvalue weighted by atomic mass is 15.0. The van der Waals surface area contributed by atoms with Crippen LogP contribution in [0.25, 0.3) is 132 Å². The van der Waals surface area contributed by atoms with Gasteiger partial charge in [-0.05, 0) is 127 Å². The van der Waals surface area contributed by atoms with E-state index in [2.05, 4.69) is 276 Å². The highest BCUT2D eigenvalue weighted by Crippen LogP contribution is 2.44. The van der Waals surface area contributed by atoms with Gasteiger partial charge in [-0.1, -0.05) is 206 Å². The normalized spacial score (nSPS) is 11.7. The molecule has 0 amide bonds. The molecule has 0 fully saturated rings. The molecule has 0 unspecified atom stereocenters. The van der Waals surface area contributed by atoms with Crippen LogP contribution in [0.1, 0.15) is 0 Å². The lowest BCUT2D eigenvalue weighted by molar-refractivity contribution is 1.20. The van der Waals surface area contributed by atoms with E-state index in [-0.39, 0.29) is 0 Å². The molecule has 12 aromatic carbocycles. The maximum atomic E-state index is 2.48. The van der Waals surface area contributed by atoms with E-state index in [0.29, 0.717) is 0 Å². The second kappa shape index (κ2) is 16.2. The van der Waals surface area contributed by atoms with Crippen LogP contribution in [0, 0.1) is 0 Å². The fraction of sp³-hybridized carbons (Fsp3) is 0. The number of rotatable bonds is 7. The summed E-state index contributed by atoms with van der Waals surface area (Å²) in [5.74, 6) is 0. The molecule has 0 aliphatic heterocycles. The lowest BCUT2D eigenvalue weighted by atomic mass is 9.92. The average molecular weight is 889 g/mol. The molecule has 70 heavy (non-hydrogen) atoms. The van der Waals surface area contributed by atoms with Crippen molar-refractivity contribution in [3.05, 3.63) is 267 Å². The average Bonchev–Trinajstić information content (AvgIpc) is 3.94. The zero-order valence-corrected chi connectivity index (χ0v) is 38.3. The molecule has 0 radical (unpaired) electrons. The standard InChI is InChI=1S/C68H44N2/c1-5-17-45(18-6-1)49-29-35-65-59(41-49)60-42-50(46-19-7-2-8-20-46)30-36-66(60)69(65)63-39-33-55(53-25-13-15-27-57(53)63)56-34-40-64(58-28-16-14-26-54(56)58)70-67-37-31-51(47-21-9-3-10-22-47)43-61(67)62-44-52(32-38-68(62)70)48-23-11-4-12-24-48/h1-44H. The first-order valence-electron chi connectivity index (χ1n) is 24.2. The topological polar surface area (TPSA) is 9.86 Å². The summed E-state index contributed by atoms with van der Waals surface area (Å²) in [7, 11) is 0. The van der Waals surface area contributed by atoms with Gasteiger partial charge in [0.15, 0.2) is 0 Å². The molecular weight excluding hydrogens is 845 g/mol. The van der Waals surface area contributed by atoms with Gasteiger partial charge in [0.2, 0.25) is 0 Å². The third-order valence-electron chi connectivity index (χ3n) is 14.5. The summed E-state index contributed by atoms with van der Waals surface area (Å²) < 4.78 is 4.96. The Labute approximate surface area is 406 Å². The first-order chi connectivity index (χ1) is 34.7. The number of benzene rings is 12. The quantitative estimate of drug-likeness (QED) is 0.151. The predicted octanol–water partition coefficient (Wildman–Crippen LogP) is 18.5. The van der Waals surface area contributed by atoms with Gasteiger partial charge in [-0.3, -0.25) is 0 Å². The van der Waals surface area contributed by atoms with Crippen molar-refractivity contribution in [2.24, 2.45) is 0 Å². The van der Waals surface area contributed by atoms with Crippen molar-refractivity contribution in [1.82, 2.24) is 9.13 Å². The molecule has 326 valence electrons. The van der Waals surface area contributed by atoms with E-state index < -0.39 is 0 Å². The molecule has 2 heterocycles. The molecule has 14 rings (SSSR count). The van der Waals surface area contributed by atoms with E-state index in [0.717, 1.165) is 11.4 Å². The Morgan fingerprint density at radius 3 is 0.714 bits per heavy atom. The molecule has 0 aliphatic rings. The lowest BCUT2D eigenvalue weighted by Crippen LogP contribution is -1.98. The fourth-order valence-electron chi connectivity index (χ4n) is 11.2. The second-order valence-electron chi connectivity index (χ2n) is 18.4. The molecule has 0 spiro atoms. The van der Waals surface area contributed by atoms with Crippen LogP contribution in [0.3, 0.4) is 0 Å². The number of aromatic nitrogens is 2. The Bertz CT molecular complexity index is 3840. The zero-order chi connectivity index (χ0) is 46.1. The van der Waals surface area contributed by atoms with Crippen LogP contribution in [0.5, 0.6) is 0 Å². The molecule has 2 nitrogen and oxygen atoms in total. The highest BCUT2D eigenvalue weighted by Gasteiger charge is 2.21. The summed E-state index contributed by atoms with van der Waals surface area (Å²) in [5.41, 5.74) is 19.2. The van der Waals surface area contributed by atoms with Gasteiger partial charge in [0.05, 0.1) is 33.4 Å². The molecule has 14 aromatic rings. The van der Waals surface area contributed by atoms with Crippen molar-refractivity contribution < 1.29 is 0 Å². The lowest BCUT2D eigenvalue weighted by Gasteiger charge is -2.18. The molecule has 2 heteroatoms. The van der Waals surface area contributed by atoms with Crippen molar-refractivity contribution >= 4 is 65.2 Å². The Kier molecular flexibility index (Phi) is 9.25. The number of nitrogens with zero attached hydrogens (tertiary/aromatic N) is 2. The van der Waals surface area contributed by atoms with Crippen LogP contribution in [-0.2, 0) is 0 Å². The van der Waals surface area contributed by atoms with Crippen molar-refractivity contribution in [1.29, 1.82) is 0 Å². The van der Waals surface area contributed by atoms with E-state index in [9.17, 15) is 0 Å². The van der Waals surface area contributed by atoms with E-state index >= 15 is 0 Å². The van der Waals surface area contributed by atoms with Crippen molar-refractivity contribution in [3.63, 3.8) is 0 Å². The largest absolute Gasteiger partial charge is 0.309 e. The first kappa shape index (κ1) is 39.9. The fourth-order valence-corrected chi connectivity index (χ4v) is 11.2. The van der Waals surface area contributed by atoms with Gasteiger partial charge in [-0.15, -0.1) is 0 Å². The van der Waals surface area contributed by atoms with Crippen molar-refractivity contribution in [3.8, 4) is 67.0 Å². The Morgan fingerprint density at radius 2 is 0.429 bits per heavy atom. The molecule has 0 atom stereocenters. The molecule has 0 bridgehead atoms. The van der Waals surface area contributed by atoms with Gasteiger partial charge in [0.1, 0.15) is 0 Å². The molecular formula is C68H44N2. The van der Waals surface area contributed by atoms with Crippen LogP contribution < -0.4 is 0 Å². The smallest absolute Gasteiger partial charge is 0.0541 e. The van der Waals surface area contributed by atoms with Crippen LogP contribution >= 0.6 is 0 Å². The van der Waals surface area contributed by atoms with Crippen LogP contribution in [-0.4, -0.2) is 9.13 Å². The molecule has 0 aliphatic carbocycles. The van der Waals surface area contributed by atoms with E-state index in [1.165, 1.54) is 121 Å². The van der Waals surface area contributed by atoms with Gasteiger partial charge in [0, 0.05) is 32.3 Å². The minimum Gasteiger partial charge on any atom is -0.309 e. The number of hydrogen-bond acceptors (Lipinski definition) is 0. The van der Waals surface area contributed by atoms with Gasteiger partial charge >= 0.3 is 0 Å². The summed E-state index contributed by atoms with van der Waals surface area (Å²) >= 11 is 0. The third kappa shape index (κ3) is 6.42. The minimum absolute atomic E-state index is 1.16. The van der Waals surface area contributed by atoms with E-state index in [1.807, 2.05) is 0 Å². The van der Waals surface area contributed by atoms with E-state index in [1.54, 1.807) is 0 Å². The Balaban J connectivity index is 0.958. The maximum Gasteiger partial charge on any atom is 0.0541 e. The summed E-state index contributed by atoms with van der Waals surface area (Å²) in [6.07, 6.45) is 0. The SMILES string of the molecule is c1ccc(-c2ccc3c(c2)c2cc(-c4ccccc4)ccc2n3-c2ccc(-c3ccc(-n4c5ccc(-c6ccccc6)cc5c5cc(-c6ccccc6)ccc54)c4ccccc34)c3ccccc23)cc1. The first-order valence-corrected chi connectivity index (χ1v) is 24.2. The van der Waals surface area contributed by atoms with Crippen LogP contribution in [0.15, 0.2) is 267 Å². The van der Waals surface area contributed by atoms with Crippen molar-refractivity contribution in [2.75, 3.05) is 0 Å². The van der Waals surface area contributed by atoms with Gasteiger partial charge in [-0.2, -0.15) is 0 Å². The summed E-state index contributed by atoms with van der Waals surface area (Å²) in [5, 5.41) is 9.79. The molecule has 2 aromatic heterocycles. The monoisotopic (exact) mass is 888 g/mol. The van der Waals surface area contributed by atoms with Gasteiger partial charge in [-0.25, -0.2) is 0 Å². The van der Waals surface area contributed by atoms with Crippen molar-refractivity contribution in [2.45, 2.75) is 0 Å². The number of hydrogen-bond donors (Lipinski definition) is 0. The Hall–Kier alpha value is -9.24. The van der Waals surface area contributed by atoms with Gasteiger partial charge in [0.25, 0.3) is 0 Å². The van der Waals surface area contributed by atoms with E-state index in [4.69, 9.17) is 0 Å². The molecule has 0 saturated heterocycles.